The van der Waals surface area contributed by atoms with Crippen LogP contribution in [0.15, 0.2) is 30.3 Å². The number of hydrogen-bond acceptors (Lipinski definition) is 4. The minimum absolute atomic E-state index is 0.144. The van der Waals surface area contributed by atoms with Crippen LogP contribution in [-0.2, 0) is 22.8 Å². The molecule has 21 heavy (non-hydrogen) atoms. The lowest BCUT2D eigenvalue weighted by Crippen LogP contribution is -2.12. The number of nitrogens with one attached hydrogen (secondary N) is 1. The smallest absolute Gasteiger partial charge is 0.180 e. The predicted molar refractivity (Wildman–Crippen MR) is 79.7 cm³/mol. The molecule has 6 nitrogen and oxygen atoms in total. The zero-order valence-corrected chi connectivity index (χ0v) is 12.1. The van der Waals surface area contributed by atoms with Crippen LogP contribution in [0.4, 0.5) is 0 Å². The van der Waals surface area contributed by atoms with Gasteiger partial charge < -0.3 is 9.55 Å². The molecule has 1 aromatic carbocycles. The van der Waals surface area contributed by atoms with E-state index in [1.54, 1.807) is 0 Å². The predicted octanol–water partition coefficient (Wildman–Crippen LogP) is 1.40. The molecule has 108 valence electrons. The molecule has 0 spiro atoms. The van der Waals surface area contributed by atoms with Gasteiger partial charge in [0.1, 0.15) is 5.82 Å². The number of H-pyrrole nitrogens is 1. The van der Waals surface area contributed by atoms with Gasteiger partial charge in [0, 0.05) is 23.9 Å². The molecule has 0 unspecified atom stereocenters. The molecule has 3 heterocycles. The van der Waals surface area contributed by atoms with Gasteiger partial charge in [-0.05, 0) is 12.1 Å². The molecule has 0 amide bonds. The summed E-state index contributed by atoms with van der Waals surface area (Å²) in [5, 5.41) is 9.50. The van der Waals surface area contributed by atoms with Gasteiger partial charge in [-0.3, -0.25) is 0 Å². The van der Waals surface area contributed by atoms with Crippen LogP contribution in [0.25, 0.3) is 22.4 Å². The lowest BCUT2D eigenvalue weighted by atomic mass is 10.2. The van der Waals surface area contributed by atoms with E-state index < -0.39 is 9.84 Å². The number of para-hydroxylation sites is 1. The zero-order chi connectivity index (χ0) is 14.4. The molecule has 0 bridgehead atoms. The van der Waals surface area contributed by atoms with Gasteiger partial charge in [0.15, 0.2) is 15.7 Å². The standard InChI is InChI=1S/C14H14N4O2S/c19-21(20)7-5-13-16-17-14(18(13)6-8-21)12-9-10-3-1-2-4-11(10)15-12/h1-4,9,15H,5-8H2. The Balaban J connectivity index is 1.82. The Bertz CT molecular complexity index is 891. The van der Waals surface area contributed by atoms with Gasteiger partial charge in [0.2, 0.25) is 0 Å². The molecule has 0 saturated carbocycles. The summed E-state index contributed by atoms with van der Waals surface area (Å²) in [6.07, 6.45) is 0.426. The molecule has 0 radical (unpaired) electrons. The monoisotopic (exact) mass is 302 g/mol. The normalized spacial score (nSPS) is 17.5. The molecule has 0 atom stereocenters. The second kappa shape index (κ2) is 4.42. The molecule has 1 N–H and O–H groups in total. The summed E-state index contributed by atoms with van der Waals surface area (Å²) in [6, 6.07) is 10.0. The quantitative estimate of drug-likeness (QED) is 0.736. The van der Waals surface area contributed by atoms with Crippen LogP contribution in [-0.4, -0.2) is 39.7 Å². The third-order valence-corrected chi connectivity index (χ3v) is 5.49. The van der Waals surface area contributed by atoms with Crippen LogP contribution < -0.4 is 0 Å². The summed E-state index contributed by atoms with van der Waals surface area (Å²) in [6.45, 7) is 0.412. The molecule has 1 aliphatic rings. The number of sulfone groups is 1. The minimum Gasteiger partial charge on any atom is -0.352 e. The van der Waals surface area contributed by atoms with Crippen LogP contribution in [0, 0.1) is 0 Å². The molecule has 1 aliphatic heterocycles. The van der Waals surface area contributed by atoms with Gasteiger partial charge in [-0.25, -0.2) is 8.42 Å². The molecule has 0 fully saturated rings. The summed E-state index contributed by atoms with van der Waals surface area (Å²) in [5.41, 5.74) is 1.90. The van der Waals surface area contributed by atoms with Crippen molar-refractivity contribution in [3.63, 3.8) is 0 Å². The molecular formula is C14H14N4O2S. The number of fused-ring (bicyclic) bond motifs is 2. The van der Waals surface area contributed by atoms with Gasteiger partial charge in [0.25, 0.3) is 0 Å². The Morgan fingerprint density at radius 3 is 2.86 bits per heavy atom. The fraction of sp³-hybridized carbons (Fsp3) is 0.286. The molecule has 0 aliphatic carbocycles. The summed E-state index contributed by atoms with van der Waals surface area (Å²) >= 11 is 0. The molecule has 2 aromatic heterocycles. The largest absolute Gasteiger partial charge is 0.352 e. The van der Waals surface area contributed by atoms with Crippen LogP contribution in [0.3, 0.4) is 0 Å². The number of benzene rings is 1. The highest BCUT2D eigenvalue weighted by Crippen LogP contribution is 2.24. The van der Waals surface area contributed by atoms with E-state index in [9.17, 15) is 8.42 Å². The second-order valence-corrected chi connectivity index (χ2v) is 7.57. The lowest BCUT2D eigenvalue weighted by Gasteiger charge is -2.04. The number of hydrogen-bond donors (Lipinski definition) is 1. The third-order valence-electron chi connectivity index (χ3n) is 3.86. The van der Waals surface area contributed by atoms with Gasteiger partial charge in [-0.1, -0.05) is 18.2 Å². The molecule has 0 saturated heterocycles. The maximum absolute atomic E-state index is 11.8. The average Bonchev–Trinajstić information content (AvgIpc) is 3.03. The molecule has 3 aromatic rings. The zero-order valence-electron chi connectivity index (χ0n) is 11.3. The van der Waals surface area contributed by atoms with E-state index in [0.29, 0.717) is 18.8 Å². The van der Waals surface area contributed by atoms with Crippen molar-refractivity contribution in [2.45, 2.75) is 13.0 Å². The summed E-state index contributed by atoms with van der Waals surface area (Å²) in [7, 11) is -2.98. The summed E-state index contributed by atoms with van der Waals surface area (Å²) < 4.78 is 25.4. The molecule has 7 heteroatoms. The average molecular weight is 302 g/mol. The van der Waals surface area contributed by atoms with Crippen molar-refractivity contribution >= 4 is 20.7 Å². The van der Waals surface area contributed by atoms with Crippen molar-refractivity contribution in [2.75, 3.05) is 11.5 Å². The van der Waals surface area contributed by atoms with Crippen molar-refractivity contribution in [3.8, 4) is 11.5 Å². The lowest BCUT2D eigenvalue weighted by molar-refractivity contribution is 0.593. The SMILES string of the molecule is O=S1(=O)CCc2nnc(-c3cc4ccccc4[nH]3)n2CC1. The van der Waals surface area contributed by atoms with Crippen LogP contribution in [0.2, 0.25) is 0 Å². The van der Waals surface area contributed by atoms with E-state index in [1.165, 1.54) is 0 Å². The Kier molecular flexibility index (Phi) is 2.65. The Morgan fingerprint density at radius 1 is 1.14 bits per heavy atom. The molecule has 4 rings (SSSR count). The highest BCUT2D eigenvalue weighted by atomic mass is 32.2. The first kappa shape index (κ1) is 12.6. The number of aromatic amines is 1. The van der Waals surface area contributed by atoms with E-state index in [1.807, 2.05) is 34.9 Å². The van der Waals surface area contributed by atoms with Crippen LogP contribution in [0.5, 0.6) is 0 Å². The first-order valence-corrected chi connectivity index (χ1v) is 8.65. The van der Waals surface area contributed by atoms with Crippen LogP contribution in [0.1, 0.15) is 5.82 Å². The summed E-state index contributed by atoms with van der Waals surface area (Å²) in [5.74, 6) is 1.74. The number of aromatic nitrogens is 4. The second-order valence-electron chi connectivity index (χ2n) is 5.26. The maximum Gasteiger partial charge on any atom is 0.180 e. The summed E-state index contributed by atoms with van der Waals surface area (Å²) in [4.78, 5) is 3.32. The Labute approximate surface area is 121 Å². The number of nitrogens with zero attached hydrogens (tertiary/aromatic N) is 3. The van der Waals surface area contributed by atoms with Crippen molar-refractivity contribution in [2.24, 2.45) is 0 Å². The van der Waals surface area contributed by atoms with Crippen molar-refractivity contribution in [1.82, 2.24) is 19.7 Å². The fourth-order valence-electron chi connectivity index (χ4n) is 2.73. The fourth-order valence-corrected chi connectivity index (χ4v) is 3.89. The highest BCUT2D eigenvalue weighted by molar-refractivity contribution is 7.91. The van der Waals surface area contributed by atoms with Gasteiger partial charge in [-0.2, -0.15) is 0 Å². The van der Waals surface area contributed by atoms with E-state index in [-0.39, 0.29) is 11.5 Å². The van der Waals surface area contributed by atoms with E-state index in [4.69, 9.17) is 0 Å². The van der Waals surface area contributed by atoms with Crippen LogP contribution >= 0.6 is 0 Å². The van der Waals surface area contributed by atoms with Gasteiger partial charge in [0.05, 0.1) is 17.2 Å². The first-order valence-electron chi connectivity index (χ1n) is 6.83. The van der Waals surface area contributed by atoms with E-state index in [2.05, 4.69) is 15.2 Å². The Morgan fingerprint density at radius 2 is 2.00 bits per heavy atom. The Hall–Kier alpha value is -2.15. The highest BCUT2D eigenvalue weighted by Gasteiger charge is 2.23. The van der Waals surface area contributed by atoms with E-state index >= 15 is 0 Å². The topological polar surface area (TPSA) is 80.6 Å². The van der Waals surface area contributed by atoms with E-state index in [0.717, 1.165) is 22.4 Å². The van der Waals surface area contributed by atoms with Crippen molar-refractivity contribution in [3.05, 3.63) is 36.2 Å². The van der Waals surface area contributed by atoms with Gasteiger partial charge >= 0.3 is 0 Å². The number of aryl methyl sites for hydroxylation is 1. The maximum atomic E-state index is 11.8. The van der Waals surface area contributed by atoms with Crippen molar-refractivity contribution < 1.29 is 8.42 Å². The minimum atomic E-state index is -2.98. The number of rotatable bonds is 1. The van der Waals surface area contributed by atoms with Gasteiger partial charge in [-0.15, -0.1) is 10.2 Å². The first-order chi connectivity index (χ1) is 10.1. The third kappa shape index (κ3) is 2.13. The van der Waals surface area contributed by atoms with Crippen molar-refractivity contribution in [1.29, 1.82) is 0 Å². The molecular weight excluding hydrogens is 288 g/mol.